The predicted octanol–water partition coefficient (Wildman–Crippen LogP) is 2.70. The van der Waals surface area contributed by atoms with E-state index in [1.807, 2.05) is 0 Å². The number of hydrogen-bond acceptors (Lipinski definition) is 6. The van der Waals surface area contributed by atoms with Crippen molar-refractivity contribution in [1.82, 2.24) is 15.2 Å². The summed E-state index contributed by atoms with van der Waals surface area (Å²) in [6.07, 6.45) is 1.52. The minimum atomic E-state index is -2.98. The number of carbonyl (C=O) groups excluding carboxylic acids is 3. The van der Waals surface area contributed by atoms with Gasteiger partial charge in [-0.05, 0) is 50.1 Å². The monoisotopic (exact) mass is 490 g/mol. The van der Waals surface area contributed by atoms with E-state index in [2.05, 4.69) is 15.0 Å². The van der Waals surface area contributed by atoms with Crippen molar-refractivity contribution < 1.29 is 32.6 Å². The van der Waals surface area contributed by atoms with Crippen LogP contribution in [0.2, 0.25) is 0 Å². The van der Waals surface area contributed by atoms with E-state index in [0.717, 1.165) is 5.56 Å². The molecule has 9 nitrogen and oxygen atoms in total. The van der Waals surface area contributed by atoms with E-state index < -0.39 is 18.4 Å². The lowest BCUT2D eigenvalue weighted by Crippen LogP contribution is -2.42. The molecule has 0 spiro atoms. The Morgan fingerprint density at radius 1 is 1.17 bits per heavy atom. The predicted molar refractivity (Wildman–Crippen MR) is 122 cm³/mol. The lowest BCUT2D eigenvalue weighted by molar-refractivity contribution is -0.129. The topological polar surface area (TPSA) is 124 Å². The normalized spacial score (nSPS) is 17.5. The van der Waals surface area contributed by atoms with Gasteiger partial charge in [-0.3, -0.25) is 19.4 Å². The van der Waals surface area contributed by atoms with E-state index in [-0.39, 0.29) is 53.3 Å². The Hall–Kier alpha value is -3.76. The highest BCUT2D eigenvalue weighted by atomic mass is 19.3. The highest BCUT2D eigenvalue weighted by Crippen LogP contribution is 2.37. The van der Waals surface area contributed by atoms with Crippen molar-refractivity contribution in [3.63, 3.8) is 0 Å². The molecule has 0 aliphatic carbocycles. The molecular formula is C24H28F2N4O5. The Morgan fingerprint density at radius 3 is 2.49 bits per heavy atom. The number of nitrogens with one attached hydrogen (secondary N) is 1. The summed E-state index contributed by atoms with van der Waals surface area (Å²) in [5, 5.41) is 2.78. The first-order chi connectivity index (χ1) is 16.5. The molecule has 1 saturated heterocycles. The standard InChI is InChI=1S/C24H28F2N4O5/c1-13(2)34-21-9-15(5-7-20(21)35-24(25)26)17-8-18(30(12-17)14(3)31)11-29-23(33)19-6-4-16(10-28-19)22(27)32/h4-7,9-10,13,17-18,24H,8,11-12H2,1-3H3,(H2,27,32)(H,29,33)/t17-,18-/m1/s1. The molecule has 0 radical (unpaired) electrons. The second-order valence-corrected chi connectivity index (χ2v) is 8.52. The number of carbonyl (C=O) groups is 3. The SMILES string of the molecule is CC(=O)N1C[C@H](c2ccc(OC(F)F)c(OC(C)C)c2)C[C@@H]1CNC(=O)c1ccc(C(N)=O)cn1. The largest absolute Gasteiger partial charge is 0.487 e. The number of nitrogens with zero attached hydrogens (tertiary/aromatic N) is 2. The van der Waals surface area contributed by atoms with Gasteiger partial charge < -0.3 is 25.4 Å². The van der Waals surface area contributed by atoms with Crippen LogP contribution >= 0.6 is 0 Å². The molecular weight excluding hydrogens is 462 g/mol. The van der Waals surface area contributed by atoms with Gasteiger partial charge in [-0.25, -0.2) is 0 Å². The van der Waals surface area contributed by atoms with Crippen LogP contribution in [0.15, 0.2) is 36.5 Å². The number of nitrogens with two attached hydrogens (primary N) is 1. The first-order valence-electron chi connectivity index (χ1n) is 11.1. The Kier molecular flexibility index (Phi) is 8.21. The molecule has 0 bridgehead atoms. The lowest BCUT2D eigenvalue weighted by Gasteiger charge is -2.23. The summed E-state index contributed by atoms with van der Waals surface area (Å²) >= 11 is 0. The minimum absolute atomic E-state index is 0.0578. The number of hydrogen-bond donors (Lipinski definition) is 2. The zero-order valence-electron chi connectivity index (χ0n) is 19.7. The second kappa shape index (κ2) is 11.1. The zero-order valence-corrected chi connectivity index (χ0v) is 19.7. The first-order valence-corrected chi connectivity index (χ1v) is 11.1. The van der Waals surface area contributed by atoms with Crippen molar-refractivity contribution >= 4 is 17.7 Å². The molecule has 1 aliphatic rings. The third-order valence-corrected chi connectivity index (χ3v) is 5.62. The molecule has 2 aromatic rings. The molecule has 1 aromatic heterocycles. The smallest absolute Gasteiger partial charge is 0.387 e. The molecule has 3 rings (SSSR count). The van der Waals surface area contributed by atoms with Gasteiger partial charge >= 0.3 is 6.61 Å². The minimum Gasteiger partial charge on any atom is -0.487 e. The number of ether oxygens (including phenoxy) is 2. The number of primary amides is 1. The van der Waals surface area contributed by atoms with Gasteiger partial charge in [0.05, 0.1) is 11.7 Å². The fraction of sp³-hybridized carbons (Fsp3) is 0.417. The van der Waals surface area contributed by atoms with E-state index >= 15 is 0 Å². The maximum Gasteiger partial charge on any atom is 0.387 e. The van der Waals surface area contributed by atoms with E-state index in [4.69, 9.17) is 10.5 Å². The van der Waals surface area contributed by atoms with Gasteiger partial charge in [-0.15, -0.1) is 0 Å². The fourth-order valence-corrected chi connectivity index (χ4v) is 4.03. The summed E-state index contributed by atoms with van der Waals surface area (Å²) < 4.78 is 35.8. The Labute approximate surface area is 201 Å². The average Bonchev–Trinajstić information content (AvgIpc) is 3.22. The molecule has 11 heteroatoms. The number of likely N-dealkylation sites (tertiary alicyclic amines) is 1. The molecule has 1 aromatic carbocycles. The fourth-order valence-electron chi connectivity index (χ4n) is 4.03. The van der Waals surface area contributed by atoms with Gasteiger partial charge in [-0.1, -0.05) is 6.07 Å². The van der Waals surface area contributed by atoms with Crippen LogP contribution in [0.3, 0.4) is 0 Å². The molecule has 0 saturated carbocycles. The molecule has 3 N–H and O–H groups in total. The molecule has 1 aliphatic heterocycles. The highest BCUT2D eigenvalue weighted by Gasteiger charge is 2.35. The van der Waals surface area contributed by atoms with Crippen LogP contribution in [-0.2, 0) is 4.79 Å². The Morgan fingerprint density at radius 2 is 1.91 bits per heavy atom. The molecule has 35 heavy (non-hydrogen) atoms. The summed E-state index contributed by atoms with van der Waals surface area (Å²) in [4.78, 5) is 41.5. The van der Waals surface area contributed by atoms with E-state index in [1.165, 1.54) is 31.3 Å². The van der Waals surface area contributed by atoms with Crippen LogP contribution in [0.5, 0.6) is 11.5 Å². The number of rotatable bonds is 9. The van der Waals surface area contributed by atoms with Crippen molar-refractivity contribution in [2.75, 3.05) is 13.1 Å². The number of benzene rings is 1. The van der Waals surface area contributed by atoms with Crippen LogP contribution in [0.25, 0.3) is 0 Å². The highest BCUT2D eigenvalue weighted by molar-refractivity contribution is 5.95. The second-order valence-electron chi connectivity index (χ2n) is 8.52. The van der Waals surface area contributed by atoms with Crippen LogP contribution < -0.4 is 20.5 Å². The maximum absolute atomic E-state index is 12.8. The number of aromatic nitrogens is 1. The summed E-state index contributed by atoms with van der Waals surface area (Å²) in [5.74, 6) is -1.19. The maximum atomic E-state index is 12.8. The first kappa shape index (κ1) is 25.9. The number of alkyl halides is 2. The summed E-state index contributed by atoms with van der Waals surface area (Å²) in [6, 6.07) is 7.31. The number of halogens is 2. The molecule has 1 fully saturated rings. The van der Waals surface area contributed by atoms with Crippen LogP contribution in [0.1, 0.15) is 59.5 Å². The van der Waals surface area contributed by atoms with Crippen molar-refractivity contribution in [2.24, 2.45) is 5.73 Å². The van der Waals surface area contributed by atoms with Crippen molar-refractivity contribution in [1.29, 1.82) is 0 Å². The van der Waals surface area contributed by atoms with E-state index in [0.29, 0.717) is 13.0 Å². The van der Waals surface area contributed by atoms with Crippen LogP contribution in [0, 0.1) is 0 Å². The molecule has 2 heterocycles. The van der Waals surface area contributed by atoms with E-state index in [9.17, 15) is 23.2 Å². The van der Waals surface area contributed by atoms with Crippen molar-refractivity contribution in [3.8, 4) is 11.5 Å². The van der Waals surface area contributed by atoms with Crippen LogP contribution in [0.4, 0.5) is 8.78 Å². The number of amides is 3. The third kappa shape index (κ3) is 6.65. The summed E-state index contributed by atoms with van der Waals surface area (Å²) in [5.41, 5.74) is 6.30. The molecule has 3 amide bonds. The van der Waals surface area contributed by atoms with Gasteiger partial charge in [-0.2, -0.15) is 8.78 Å². The third-order valence-electron chi connectivity index (χ3n) is 5.62. The zero-order chi connectivity index (χ0) is 25.7. The Bertz CT molecular complexity index is 1080. The van der Waals surface area contributed by atoms with Gasteiger partial charge in [0.15, 0.2) is 11.5 Å². The average molecular weight is 491 g/mol. The van der Waals surface area contributed by atoms with Gasteiger partial charge in [0.2, 0.25) is 11.8 Å². The molecule has 2 atom stereocenters. The van der Waals surface area contributed by atoms with Gasteiger partial charge in [0.1, 0.15) is 5.69 Å². The summed E-state index contributed by atoms with van der Waals surface area (Å²) in [7, 11) is 0. The number of pyridine rings is 1. The van der Waals surface area contributed by atoms with Gasteiger partial charge in [0, 0.05) is 38.2 Å². The van der Waals surface area contributed by atoms with E-state index in [1.54, 1.807) is 30.9 Å². The van der Waals surface area contributed by atoms with Crippen molar-refractivity contribution in [3.05, 3.63) is 53.3 Å². The van der Waals surface area contributed by atoms with Crippen molar-refractivity contribution in [2.45, 2.75) is 51.9 Å². The molecule has 188 valence electrons. The van der Waals surface area contributed by atoms with Gasteiger partial charge in [0.25, 0.3) is 5.91 Å². The quantitative estimate of drug-likeness (QED) is 0.557. The summed E-state index contributed by atoms with van der Waals surface area (Å²) in [6.45, 7) is 2.62. The lowest BCUT2D eigenvalue weighted by atomic mass is 9.96. The Balaban J connectivity index is 1.72. The molecule has 0 unspecified atom stereocenters. The van der Waals surface area contributed by atoms with Crippen LogP contribution in [-0.4, -0.2) is 59.5 Å².